The predicted molar refractivity (Wildman–Crippen MR) is 102 cm³/mol. The number of primary amides is 1. The summed E-state index contributed by atoms with van der Waals surface area (Å²) >= 11 is 1.02. The Bertz CT molecular complexity index is 1080. The fourth-order valence-electron chi connectivity index (χ4n) is 2.60. The lowest BCUT2D eigenvalue weighted by Crippen LogP contribution is -2.17. The molecule has 0 unspecified atom stereocenters. The average Bonchev–Trinajstić information content (AvgIpc) is 3.10. The number of nitro groups is 1. The molecular weight excluding hydrogens is 425 g/mol. The van der Waals surface area contributed by atoms with Gasteiger partial charge in [-0.15, -0.1) is 13.2 Å². The van der Waals surface area contributed by atoms with Crippen molar-refractivity contribution in [3.63, 3.8) is 0 Å². The molecule has 0 atom stereocenters. The van der Waals surface area contributed by atoms with Crippen LogP contribution >= 0.6 is 11.8 Å². The number of alkyl halides is 3. The van der Waals surface area contributed by atoms with Gasteiger partial charge in [0.15, 0.2) is 5.16 Å². The summed E-state index contributed by atoms with van der Waals surface area (Å²) in [5.41, 5.74) is 6.35. The summed E-state index contributed by atoms with van der Waals surface area (Å²) in [6, 6.07) is 10.8. The van der Waals surface area contributed by atoms with Crippen molar-refractivity contribution in [3.05, 3.63) is 64.8 Å². The average molecular weight is 438 g/mol. The Hall–Kier alpha value is -3.54. The molecule has 2 N–H and O–H groups in total. The van der Waals surface area contributed by atoms with Gasteiger partial charge in [-0.05, 0) is 24.3 Å². The van der Waals surface area contributed by atoms with Crippen LogP contribution in [0.15, 0.2) is 59.9 Å². The first-order valence-electron chi connectivity index (χ1n) is 8.24. The number of benzene rings is 2. The third kappa shape index (κ3) is 5.08. The van der Waals surface area contributed by atoms with E-state index < -0.39 is 22.9 Å². The van der Waals surface area contributed by atoms with E-state index in [9.17, 15) is 28.1 Å². The molecular formula is C18H13F3N4O4S. The maximum Gasteiger partial charge on any atom is 0.573 e. The molecule has 0 aliphatic carbocycles. The van der Waals surface area contributed by atoms with Crippen LogP contribution in [0, 0.1) is 10.1 Å². The van der Waals surface area contributed by atoms with Crippen molar-refractivity contribution in [3.8, 4) is 22.7 Å². The maximum atomic E-state index is 12.4. The van der Waals surface area contributed by atoms with Crippen molar-refractivity contribution in [1.29, 1.82) is 0 Å². The van der Waals surface area contributed by atoms with Crippen LogP contribution in [0.2, 0.25) is 0 Å². The van der Waals surface area contributed by atoms with E-state index >= 15 is 0 Å². The molecule has 8 nitrogen and oxygen atoms in total. The normalized spacial score (nSPS) is 11.3. The summed E-state index contributed by atoms with van der Waals surface area (Å²) in [6.07, 6.45) is -3.38. The van der Waals surface area contributed by atoms with Gasteiger partial charge in [0.05, 0.1) is 22.6 Å². The highest BCUT2D eigenvalue weighted by atomic mass is 32.2. The zero-order valence-electron chi connectivity index (χ0n) is 15.0. The van der Waals surface area contributed by atoms with Gasteiger partial charge in [0.1, 0.15) is 5.75 Å². The molecule has 0 aliphatic heterocycles. The number of non-ortho nitro benzene ring substituents is 1. The van der Waals surface area contributed by atoms with Gasteiger partial charge in [-0.3, -0.25) is 19.5 Å². The smallest absolute Gasteiger partial charge is 0.406 e. The van der Waals surface area contributed by atoms with Gasteiger partial charge >= 0.3 is 6.36 Å². The van der Waals surface area contributed by atoms with Gasteiger partial charge in [-0.25, -0.2) is 4.98 Å². The van der Waals surface area contributed by atoms with Crippen LogP contribution in [0.1, 0.15) is 0 Å². The number of halogens is 3. The maximum absolute atomic E-state index is 12.4. The highest BCUT2D eigenvalue weighted by Crippen LogP contribution is 2.32. The number of hydrogen-bond acceptors (Lipinski definition) is 6. The van der Waals surface area contributed by atoms with Gasteiger partial charge in [-0.2, -0.15) is 0 Å². The molecule has 1 aromatic heterocycles. The molecule has 3 rings (SSSR count). The van der Waals surface area contributed by atoms with Crippen molar-refractivity contribution >= 4 is 23.4 Å². The number of imidazole rings is 1. The lowest BCUT2D eigenvalue weighted by molar-refractivity contribution is -0.384. The third-order valence-corrected chi connectivity index (χ3v) is 4.73. The Morgan fingerprint density at radius 1 is 1.23 bits per heavy atom. The van der Waals surface area contributed by atoms with Crippen LogP contribution in [0.4, 0.5) is 18.9 Å². The van der Waals surface area contributed by atoms with E-state index in [0.717, 1.165) is 23.9 Å². The molecule has 0 aliphatic rings. The molecule has 0 spiro atoms. The van der Waals surface area contributed by atoms with Crippen molar-refractivity contribution in [2.75, 3.05) is 5.75 Å². The minimum absolute atomic E-state index is 0.0827. The van der Waals surface area contributed by atoms with Gasteiger partial charge in [0.2, 0.25) is 5.91 Å². The quantitative estimate of drug-likeness (QED) is 0.340. The zero-order valence-corrected chi connectivity index (χ0v) is 15.8. The van der Waals surface area contributed by atoms with Crippen LogP contribution < -0.4 is 10.5 Å². The fourth-order valence-corrected chi connectivity index (χ4v) is 3.33. The molecule has 1 amide bonds. The van der Waals surface area contributed by atoms with Crippen LogP contribution in [0.5, 0.6) is 5.75 Å². The Morgan fingerprint density at radius 3 is 2.53 bits per heavy atom. The second-order valence-corrected chi connectivity index (χ2v) is 6.81. The minimum atomic E-state index is -4.83. The number of rotatable bonds is 7. The van der Waals surface area contributed by atoms with E-state index in [-0.39, 0.29) is 11.4 Å². The first-order chi connectivity index (χ1) is 14.1. The zero-order chi connectivity index (χ0) is 21.9. The van der Waals surface area contributed by atoms with Gasteiger partial charge in [0.25, 0.3) is 5.69 Å². The summed E-state index contributed by atoms with van der Waals surface area (Å²) in [6.45, 7) is 0. The van der Waals surface area contributed by atoms with E-state index in [1.54, 1.807) is 10.6 Å². The topological polar surface area (TPSA) is 113 Å². The molecule has 0 fully saturated rings. The lowest BCUT2D eigenvalue weighted by atomic mass is 10.1. The third-order valence-electron chi connectivity index (χ3n) is 3.75. The van der Waals surface area contributed by atoms with Crippen molar-refractivity contribution in [1.82, 2.24) is 9.55 Å². The number of carbonyl (C=O) groups is 1. The summed E-state index contributed by atoms with van der Waals surface area (Å²) in [5, 5.41) is 11.4. The highest BCUT2D eigenvalue weighted by molar-refractivity contribution is 7.99. The van der Waals surface area contributed by atoms with Crippen molar-refractivity contribution < 1.29 is 27.6 Å². The van der Waals surface area contributed by atoms with E-state index in [4.69, 9.17) is 5.73 Å². The second-order valence-electron chi connectivity index (χ2n) is 5.87. The summed E-state index contributed by atoms with van der Waals surface area (Å²) < 4.78 is 42.6. The molecule has 1 heterocycles. The Morgan fingerprint density at radius 2 is 1.93 bits per heavy atom. The monoisotopic (exact) mass is 438 g/mol. The number of aromatic nitrogens is 2. The molecule has 12 heteroatoms. The number of nitrogens with two attached hydrogens (primary N) is 1. The summed E-state index contributed by atoms with van der Waals surface area (Å²) in [4.78, 5) is 25.9. The van der Waals surface area contributed by atoms with Gasteiger partial charge in [-0.1, -0.05) is 23.9 Å². The number of amides is 1. The molecule has 0 saturated heterocycles. The molecule has 3 aromatic rings. The Labute approximate surface area is 171 Å². The minimum Gasteiger partial charge on any atom is -0.406 e. The SMILES string of the molecule is NC(=O)CSc1ncc(-c2cccc([N+](=O)[O-])c2)n1-c1ccc(OC(F)(F)F)cc1. The number of nitro benzene ring substituents is 1. The Balaban J connectivity index is 2.06. The van der Waals surface area contributed by atoms with E-state index in [1.807, 2.05) is 0 Å². The highest BCUT2D eigenvalue weighted by Gasteiger charge is 2.31. The van der Waals surface area contributed by atoms with Crippen LogP contribution in [-0.2, 0) is 4.79 Å². The largest absolute Gasteiger partial charge is 0.573 e. The van der Waals surface area contributed by atoms with Crippen LogP contribution in [-0.4, -0.2) is 32.5 Å². The molecule has 0 radical (unpaired) electrons. The first-order valence-corrected chi connectivity index (χ1v) is 9.22. The van der Waals surface area contributed by atoms with Crippen LogP contribution in [0.3, 0.4) is 0 Å². The molecule has 0 bridgehead atoms. The van der Waals surface area contributed by atoms with Gasteiger partial charge < -0.3 is 10.5 Å². The number of thioether (sulfide) groups is 1. The molecule has 0 saturated carbocycles. The number of hydrogen-bond donors (Lipinski definition) is 1. The first kappa shape index (κ1) is 21.2. The predicted octanol–water partition coefficient (Wildman–Crippen LogP) is 3.92. The summed E-state index contributed by atoms with van der Waals surface area (Å²) in [7, 11) is 0. The lowest BCUT2D eigenvalue weighted by Gasteiger charge is -2.13. The number of carbonyl (C=O) groups excluding carboxylic acids is 1. The van der Waals surface area contributed by atoms with Crippen LogP contribution in [0.25, 0.3) is 16.9 Å². The number of nitrogens with zero attached hydrogens (tertiary/aromatic N) is 3. The van der Waals surface area contributed by atoms with Crippen molar-refractivity contribution in [2.45, 2.75) is 11.5 Å². The van der Waals surface area contributed by atoms with E-state index in [2.05, 4.69) is 9.72 Å². The number of ether oxygens (including phenoxy) is 1. The van der Waals surface area contributed by atoms with E-state index in [1.165, 1.54) is 36.5 Å². The van der Waals surface area contributed by atoms with Gasteiger partial charge in [0, 0.05) is 23.4 Å². The summed E-state index contributed by atoms with van der Waals surface area (Å²) in [5.74, 6) is -1.07. The molecule has 30 heavy (non-hydrogen) atoms. The van der Waals surface area contributed by atoms with Crippen molar-refractivity contribution in [2.24, 2.45) is 5.73 Å². The molecule has 2 aromatic carbocycles. The Kier molecular flexibility index (Phi) is 5.96. The second kappa shape index (κ2) is 8.45. The fraction of sp³-hybridized carbons (Fsp3) is 0.111. The van der Waals surface area contributed by atoms with E-state index in [0.29, 0.717) is 22.1 Å². The molecule has 156 valence electrons. The standard InChI is InChI=1S/C18H13F3N4O4S/c19-18(20,21)29-14-6-4-12(5-7-14)24-15(9-23-17(24)30-10-16(22)26)11-2-1-3-13(8-11)25(27)28/h1-9H,10H2,(H2,22,26).